The second-order valence-electron chi connectivity index (χ2n) is 3.11. The lowest BCUT2D eigenvalue weighted by atomic mass is 10.4. The summed E-state index contributed by atoms with van der Waals surface area (Å²) in [5, 5.41) is 0. The van der Waals surface area contributed by atoms with Crippen molar-refractivity contribution in [2.24, 2.45) is 0 Å². The fourth-order valence-corrected chi connectivity index (χ4v) is 0.917. The quantitative estimate of drug-likeness (QED) is 0.548. The van der Waals surface area contributed by atoms with Gasteiger partial charge in [-0.1, -0.05) is 6.92 Å². The molecule has 0 aliphatic carbocycles. The molecule has 0 atom stereocenters. The molecular formula is C9H18N2O2. The summed E-state index contributed by atoms with van der Waals surface area (Å²) in [6, 6.07) is 0. The number of carbonyl (C=O) groups excluding carboxylic acids is 2. The first-order valence-electron chi connectivity index (χ1n) is 4.48. The van der Waals surface area contributed by atoms with Crippen LogP contribution in [0.2, 0.25) is 0 Å². The fourth-order valence-electron chi connectivity index (χ4n) is 0.917. The van der Waals surface area contributed by atoms with Crippen LogP contribution in [0.25, 0.3) is 0 Å². The van der Waals surface area contributed by atoms with E-state index in [0.29, 0.717) is 19.5 Å². The molecule has 0 bridgehead atoms. The maximum absolute atomic E-state index is 11.3. The summed E-state index contributed by atoms with van der Waals surface area (Å²) in [5.41, 5.74) is 0. The molecule has 4 nitrogen and oxygen atoms in total. The highest BCUT2D eigenvalue weighted by molar-refractivity contribution is 5.77. The van der Waals surface area contributed by atoms with Crippen LogP contribution >= 0.6 is 0 Å². The molecule has 0 saturated heterocycles. The molecule has 0 spiro atoms. The van der Waals surface area contributed by atoms with E-state index in [-0.39, 0.29) is 5.91 Å². The van der Waals surface area contributed by atoms with E-state index in [1.165, 1.54) is 0 Å². The van der Waals surface area contributed by atoms with Crippen molar-refractivity contribution in [2.45, 2.75) is 13.3 Å². The van der Waals surface area contributed by atoms with Crippen molar-refractivity contribution >= 4 is 12.2 Å². The zero-order chi connectivity index (χ0) is 10.3. The molecule has 0 unspecified atom stereocenters. The topological polar surface area (TPSA) is 40.6 Å². The third-order valence-corrected chi connectivity index (χ3v) is 1.87. The number of amides is 1. The second-order valence-corrected chi connectivity index (χ2v) is 3.11. The smallest absolute Gasteiger partial charge is 0.236 e. The number of nitrogens with zero attached hydrogens (tertiary/aromatic N) is 2. The van der Waals surface area contributed by atoms with Gasteiger partial charge < -0.3 is 9.69 Å². The van der Waals surface area contributed by atoms with Gasteiger partial charge in [0.2, 0.25) is 5.91 Å². The molecule has 0 aliphatic rings. The standard InChI is InChI=1S/C9H18N2O2/c1-4-11(6-5-7-12)8-9(13)10(2)3/h7H,4-6,8H2,1-3H3. The summed E-state index contributed by atoms with van der Waals surface area (Å²) in [7, 11) is 3.46. The van der Waals surface area contributed by atoms with Crippen LogP contribution < -0.4 is 0 Å². The molecule has 0 aliphatic heterocycles. The van der Waals surface area contributed by atoms with Crippen LogP contribution in [0.4, 0.5) is 0 Å². The Morgan fingerprint density at radius 2 is 2.00 bits per heavy atom. The van der Waals surface area contributed by atoms with E-state index >= 15 is 0 Å². The summed E-state index contributed by atoms with van der Waals surface area (Å²) in [6.07, 6.45) is 1.37. The number of hydrogen-bond acceptors (Lipinski definition) is 3. The Labute approximate surface area is 79.5 Å². The molecule has 0 fully saturated rings. The highest BCUT2D eigenvalue weighted by Gasteiger charge is 2.09. The number of carbonyl (C=O) groups is 2. The average molecular weight is 186 g/mol. The maximum atomic E-state index is 11.3. The molecule has 0 N–H and O–H groups in total. The first kappa shape index (κ1) is 12.1. The van der Waals surface area contributed by atoms with Crippen LogP contribution in [0, 0.1) is 0 Å². The van der Waals surface area contributed by atoms with Crippen LogP contribution in [0.1, 0.15) is 13.3 Å². The number of hydrogen-bond donors (Lipinski definition) is 0. The summed E-state index contributed by atoms with van der Waals surface area (Å²) >= 11 is 0. The molecule has 0 aromatic carbocycles. The Morgan fingerprint density at radius 1 is 1.38 bits per heavy atom. The lowest BCUT2D eigenvalue weighted by Gasteiger charge is -2.20. The molecule has 0 heterocycles. The van der Waals surface area contributed by atoms with Gasteiger partial charge in [-0.3, -0.25) is 9.69 Å². The Morgan fingerprint density at radius 3 is 2.38 bits per heavy atom. The first-order chi connectivity index (χ1) is 6.11. The molecule has 76 valence electrons. The van der Waals surface area contributed by atoms with Gasteiger partial charge >= 0.3 is 0 Å². The van der Waals surface area contributed by atoms with Crippen LogP contribution in [0.5, 0.6) is 0 Å². The molecule has 0 radical (unpaired) electrons. The molecule has 0 aromatic heterocycles. The third-order valence-electron chi connectivity index (χ3n) is 1.87. The van der Waals surface area contributed by atoms with Gasteiger partial charge in [-0.05, 0) is 6.54 Å². The van der Waals surface area contributed by atoms with E-state index in [1.54, 1.807) is 19.0 Å². The minimum Gasteiger partial charge on any atom is -0.348 e. The van der Waals surface area contributed by atoms with Crippen molar-refractivity contribution in [2.75, 3.05) is 33.7 Å². The molecule has 0 aromatic rings. The lowest BCUT2D eigenvalue weighted by molar-refractivity contribution is -0.130. The molecule has 1 amide bonds. The molecule has 4 heteroatoms. The van der Waals surface area contributed by atoms with Gasteiger partial charge in [0, 0.05) is 27.1 Å². The van der Waals surface area contributed by atoms with Crippen molar-refractivity contribution < 1.29 is 9.59 Å². The zero-order valence-corrected chi connectivity index (χ0v) is 8.62. The highest BCUT2D eigenvalue weighted by Crippen LogP contribution is 1.91. The van der Waals surface area contributed by atoms with Gasteiger partial charge in [-0.25, -0.2) is 0 Å². The Hall–Kier alpha value is -0.900. The first-order valence-corrected chi connectivity index (χ1v) is 4.48. The van der Waals surface area contributed by atoms with Gasteiger partial charge in [0.15, 0.2) is 0 Å². The van der Waals surface area contributed by atoms with Gasteiger partial charge in [0.1, 0.15) is 6.29 Å². The number of likely N-dealkylation sites (N-methyl/N-ethyl adjacent to an activating group) is 2. The normalized spacial score (nSPS) is 10.2. The molecule has 13 heavy (non-hydrogen) atoms. The number of rotatable bonds is 6. The van der Waals surface area contributed by atoms with Crippen LogP contribution in [0.15, 0.2) is 0 Å². The van der Waals surface area contributed by atoms with Gasteiger partial charge in [0.25, 0.3) is 0 Å². The lowest BCUT2D eigenvalue weighted by Crippen LogP contribution is -2.37. The zero-order valence-electron chi connectivity index (χ0n) is 8.62. The summed E-state index contributed by atoms with van der Waals surface area (Å²) in [5.74, 6) is 0.0766. The second kappa shape index (κ2) is 6.60. The van der Waals surface area contributed by atoms with Crippen molar-refractivity contribution in [1.82, 2.24) is 9.80 Å². The van der Waals surface area contributed by atoms with Crippen molar-refractivity contribution in [1.29, 1.82) is 0 Å². The minimum absolute atomic E-state index is 0.0766. The van der Waals surface area contributed by atoms with E-state index in [1.807, 2.05) is 11.8 Å². The molecular weight excluding hydrogens is 168 g/mol. The average Bonchev–Trinajstić information content (AvgIpc) is 2.11. The number of aldehydes is 1. The monoisotopic (exact) mass is 186 g/mol. The van der Waals surface area contributed by atoms with Gasteiger partial charge in [0.05, 0.1) is 6.54 Å². The predicted molar refractivity (Wildman–Crippen MR) is 51.5 cm³/mol. The predicted octanol–water partition coefficient (Wildman–Crippen LogP) is -0.0145. The Bertz CT molecular complexity index is 169. The molecule has 0 rings (SSSR count). The van der Waals surface area contributed by atoms with E-state index < -0.39 is 0 Å². The van der Waals surface area contributed by atoms with Gasteiger partial charge in [-0.15, -0.1) is 0 Å². The van der Waals surface area contributed by atoms with E-state index in [2.05, 4.69) is 0 Å². The minimum atomic E-state index is 0.0766. The van der Waals surface area contributed by atoms with Gasteiger partial charge in [-0.2, -0.15) is 0 Å². The fraction of sp³-hybridized carbons (Fsp3) is 0.778. The van der Waals surface area contributed by atoms with E-state index in [9.17, 15) is 9.59 Å². The van der Waals surface area contributed by atoms with Crippen LogP contribution in [0.3, 0.4) is 0 Å². The van der Waals surface area contributed by atoms with Crippen molar-refractivity contribution in [3.05, 3.63) is 0 Å². The SMILES string of the molecule is CCN(CCC=O)CC(=O)N(C)C. The third kappa shape index (κ3) is 5.36. The summed E-state index contributed by atoms with van der Waals surface area (Å²) in [4.78, 5) is 24.9. The maximum Gasteiger partial charge on any atom is 0.236 e. The largest absolute Gasteiger partial charge is 0.348 e. The van der Waals surface area contributed by atoms with E-state index in [4.69, 9.17) is 0 Å². The Kier molecular flexibility index (Phi) is 6.14. The van der Waals surface area contributed by atoms with Crippen LogP contribution in [-0.4, -0.2) is 55.7 Å². The highest BCUT2D eigenvalue weighted by atomic mass is 16.2. The van der Waals surface area contributed by atoms with Crippen molar-refractivity contribution in [3.63, 3.8) is 0 Å². The van der Waals surface area contributed by atoms with Crippen molar-refractivity contribution in [3.8, 4) is 0 Å². The van der Waals surface area contributed by atoms with Crippen LogP contribution in [-0.2, 0) is 9.59 Å². The summed E-state index contributed by atoms with van der Waals surface area (Å²) < 4.78 is 0. The molecule has 0 saturated carbocycles. The Balaban J connectivity index is 3.82. The summed E-state index contributed by atoms with van der Waals surface area (Å²) in [6.45, 7) is 3.85. The van der Waals surface area contributed by atoms with E-state index in [0.717, 1.165) is 12.8 Å².